The van der Waals surface area contributed by atoms with E-state index in [0.717, 1.165) is 0 Å². The van der Waals surface area contributed by atoms with Crippen LogP contribution in [0.25, 0.3) is 0 Å². The second kappa shape index (κ2) is 5.79. The topological polar surface area (TPSA) is 0 Å². The van der Waals surface area contributed by atoms with Crippen LogP contribution in [0.2, 0.25) is 0 Å². The Hall–Kier alpha value is 0.830. The van der Waals surface area contributed by atoms with Gasteiger partial charge in [0.05, 0.1) is 15.1 Å². The highest BCUT2D eigenvalue weighted by Crippen LogP contribution is 2.28. The van der Waals surface area contributed by atoms with E-state index in [2.05, 4.69) is 22.5 Å². The number of halogens is 4. The molecule has 0 bridgehead atoms. The van der Waals surface area contributed by atoms with Crippen molar-refractivity contribution < 1.29 is 0 Å². The van der Waals surface area contributed by atoms with Crippen LogP contribution in [0.3, 0.4) is 0 Å². The van der Waals surface area contributed by atoms with Crippen molar-refractivity contribution >= 4 is 50.7 Å². The number of hydrogen-bond donors (Lipinski definition) is 0. The average Bonchev–Trinajstić information content (AvgIpc) is 2.14. The van der Waals surface area contributed by atoms with Crippen molar-refractivity contribution in [1.82, 2.24) is 0 Å². The largest absolute Gasteiger partial charge is 0.116 e. The SMILES string of the molecule is C=C[C@@](C)(Cl)[C@@H](Cl)/C=C/[C@@](C)(Cl)CBr. The zero-order chi connectivity index (χ0) is 11.4. The molecule has 3 atom stereocenters. The van der Waals surface area contributed by atoms with Crippen LogP contribution in [0.5, 0.6) is 0 Å². The first kappa shape index (κ1) is 14.8. The molecule has 0 aliphatic carbocycles. The third kappa shape index (κ3) is 5.06. The summed E-state index contributed by atoms with van der Waals surface area (Å²) in [6.07, 6.45) is 5.26. The molecule has 14 heavy (non-hydrogen) atoms. The summed E-state index contributed by atoms with van der Waals surface area (Å²) in [4.78, 5) is -1.07. The lowest BCUT2D eigenvalue weighted by Gasteiger charge is -2.22. The summed E-state index contributed by atoms with van der Waals surface area (Å²) >= 11 is 21.6. The van der Waals surface area contributed by atoms with Crippen molar-refractivity contribution in [1.29, 1.82) is 0 Å². The molecule has 0 N–H and O–H groups in total. The zero-order valence-corrected chi connectivity index (χ0v) is 12.1. The molecule has 0 fully saturated rings. The molecule has 0 amide bonds. The normalized spacial score (nSPS) is 22.7. The lowest BCUT2D eigenvalue weighted by atomic mass is 10.0. The van der Waals surface area contributed by atoms with Gasteiger partial charge in [-0.1, -0.05) is 34.2 Å². The van der Waals surface area contributed by atoms with Crippen LogP contribution in [0.1, 0.15) is 13.8 Å². The highest BCUT2D eigenvalue weighted by Gasteiger charge is 2.26. The van der Waals surface area contributed by atoms with Gasteiger partial charge in [-0.05, 0) is 13.8 Å². The molecule has 0 spiro atoms. The summed E-state index contributed by atoms with van der Waals surface area (Å²) in [5, 5.41) is 0.341. The summed E-state index contributed by atoms with van der Waals surface area (Å²) in [5.41, 5.74) is 0. The van der Waals surface area contributed by atoms with Gasteiger partial charge in [0.2, 0.25) is 0 Å². The highest BCUT2D eigenvalue weighted by molar-refractivity contribution is 9.09. The summed E-state index contributed by atoms with van der Waals surface area (Å²) in [6, 6.07) is 0. The number of hydrogen-bond acceptors (Lipinski definition) is 0. The van der Waals surface area contributed by atoms with E-state index in [1.165, 1.54) is 0 Å². The molecule has 0 rings (SSSR count). The molecule has 0 aromatic heterocycles. The number of alkyl halides is 4. The molecule has 0 aromatic carbocycles. The lowest BCUT2D eigenvalue weighted by molar-refractivity contribution is 0.791. The predicted molar refractivity (Wildman–Crippen MR) is 71.3 cm³/mol. The number of allylic oxidation sites excluding steroid dienone is 3. The van der Waals surface area contributed by atoms with E-state index in [-0.39, 0.29) is 5.38 Å². The van der Waals surface area contributed by atoms with Gasteiger partial charge in [0.25, 0.3) is 0 Å². The first-order valence-electron chi connectivity index (χ1n) is 4.16. The Kier molecular flexibility index (Phi) is 6.13. The Morgan fingerprint density at radius 3 is 2.29 bits per heavy atom. The molecule has 0 heterocycles. The Labute approximate surface area is 109 Å². The van der Waals surface area contributed by atoms with Crippen LogP contribution in [0.4, 0.5) is 0 Å². The highest BCUT2D eigenvalue weighted by atomic mass is 79.9. The molecule has 0 aromatic rings. The van der Waals surface area contributed by atoms with Gasteiger partial charge in [-0.3, -0.25) is 0 Å². The van der Waals surface area contributed by atoms with Crippen molar-refractivity contribution in [3.05, 3.63) is 24.8 Å². The molecule has 0 saturated carbocycles. The van der Waals surface area contributed by atoms with E-state index in [1.807, 2.05) is 19.9 Å². The molecule has 82 valence electrons. The van der Waals surface area contributed by atoms with Crippen molar-refractivity contribution in [3.8, 4) is 0 Å². The Balaban J connectivity index is 4.46. The minimum absolute atomic E-state index is 0.321. The maximum absolute atomic E-state index is 6.10. The zero-order valence-electron chi connectivity index (χ0n) is 8.24. The van der Waals surface area contributed by atoms with E-state index in [1.54, 1.807) is 12.2 Å². The molecule has 0 aliphatic heterocycles. The van der Waals surface area contributed by atoms with Gasteiger partial charge in [0, 0.05) is 5.33 Å². The molecule has 0 unspecified atom stereocenters. The fourth-order valence-electron chi connectivity index (χ4n) is 0.630. The Bertz CT molecular complexity index is 221. The van der Waals surface area contributed by atoms with Crippen molar-refractivity contribution in [3.63, 3.8) is 0 Å². The average molecular weight is 320 g/mol. The van der Waals surface area contributed by atoms with Crippen molar-refractivity contribution in [2.75, 3.05) is 5.33 Å². The van der Waals surface area contributed by atoms with Crippen molar-refractivity contribution in [2.24, 2.45) is 0 Å². The van der Waals surface area contributed by atoms with Gasteiger partial charge in [-0.2, -0.15) is 0 Å². The van der Waals surface area contributed by atoms with Gasteiger partial charge in [-0.25, -0.2) is 0 Å². The molecular weight excluding hydrogens is 306 g/mol. The van der Waals surface area contributed by atoms with Gasteiger partial charge >= 0.3 is 0 Å². The smallest absolute Gasteiger partial charge is 0.0793 e. The fourth-order valence-corrected chi connectivity index (χ4v) is 1.12. The monoisotopic (exact) mass is 318 g/mol. The second-order valence-electron chi connectivity index (χ2n) is 3.53. The molecule has 0 saturated heterocycles. The molecule has 4 heteroatoms. The summed E-state index contributed by atoms with van der Waals surface area (Å²) in [5.74, 6) is 0. The maximum Gasteiger partial charge on any atom is 0.0793 e. The van der Waals surface area contributed by atoms with Crippen LogP contribution in [0, 0.1) is 0 Å². The Morgan fingerprint density at radius 2 is 1.93 bits per heavy atom. The molecule has 0 nitrogen and oxygen atoms in total. The molecule has 0 radical (unpaired) electrons. The van der Waals surface area contributed by atoms with E-state index in [4.69, 9.17) is 34.8 Å². The summed E-state index contributed by atoms with van der Waals surface area (Å²) in [6.45, 7) is 7.33. The maximum atomic E-state index is 6.10. The fraction of sp³-hybridized carbons (Fsp3) is 0.600. The number of rotatable bonds is 5. The van der Waals surface area contributed by atoms with Gasteiger partial charge in [0.1, 0.15) is 0 Å². The first-order valence-corrected chi connectivity index (χ1v) is 6.47. The summed E-state index contributed by atoms with van der Waals surface area (Å²) in [7, 11) is 0. The van der Waals surface area contributed by atoms with Gasteiger partial charge in [-0.15, -0.1) is 41.4 Å². The standard InChI is InChI=1S/C10H14BrCl3/c1-4-10(3,14)8(12)5-6-9(2,13)7-11/h4-6,8H,1,7H2,2-3H3/b6-5+/t8-,9+,10+/m0/s1. The van der Waals surface area contributed by atoms with E-state index < -0.39 is 9.75 Å². The van der Waals surface area contributed by atoms with E-state index >= 15 is 0 Å². The Morgan fingerprint density at radius 1 is 1.43 bits per heavy atom. The van der Waals surface area contributed by atoms with E-state index in [9.17, 15) is 0 Å². The van der Waals surface area contributed by atoms with Crippen LogP contribution >= 0.6 is 50.7 Å². The van der Waals surface area contributed by atoms with Crippen LogP contribution in [-0.2, 0) is 0 Å². The van der Waals surface area contributed by atoms with Crippen LogP contribution in [-0.4, -0.2) is 20.5 Å². The quantitative estimate of drug-likeness (QED) is 0.507. The van der Waals surface area contributed by atoms with Crippen molar-refractivity contribution in [2.45, 2.75) is 29.0 Å². The van der Waals surface area contributed by atoms with Crippen LogP contribution < -0.4 is 0 Å². The van der Waals surface area contributed by atoms with E-state index in [0.29, 0.717) is 5.33 Å². The van der Waals surface area contributed by atoms with Gasteiger partial charge in [0.15, 0.2) is 0 Å². The molecular formula is C10H14BrCl3. The predicted octanol–water partition coefficient (Wildman–Crippen LogP) is 4.73. The minimum atomic E-state index is -0.642. The minimum Gasteiger partial charge on any atom is -0.116 e. The third-order valence-corrected chi connectivity index (χ3v) is 4.66. The first-order chi connectivity index (χ1) is 6.25. The second-order valence-corrected chi connectivity index (χ2v) is 6.24. The van der Waals surface area contributed by atoms with Crippen LogP contribution in [0.15, 0.2) is 24.8 Å². The summed E-state index contributed by atoms with van der Waals surface area (Å²) < 4.78 is 0. The third-order valence-electron chi connectivity index (χ3n) is 1.81. The lowest BCUT2D eigenvalue weighted by Crippen LogP contribution is -2.25. The van der Waals surface area contributed by atoms with Gasteiger partial charge < -0.3 is 0 Å². The molecule has 0 aliphatic rings.